The molecule has 1 saturated carbocycles. The van der Waals surface area contributed by atoms with Gasteiger partial charge in [0.15, 0.2) is 5.78 Å². The SMILES string of the molecule is C=C(/C=C1\CC(=O)/C(=C/C2=C/NC/C=C\C=C/C2=C)C1)CCC/C(F)=C\C=C/CC. The quantitative estimate of drug-likeness (QED) is 0.351. The van der Waals surface area contributed by atoms with Gasteiger partial charge in [0.2, 0.25) is 0 Å². The van der Waals surface area contributed by atoms with Crippen LogP contribution >= 0.6 is 0 Å². The molecule has 0 aromatic carbocycles. The van der Waals surface area contributed by atoms with Crippen LogP contribution in [-0.2, 0) is 4.79 Å². The highest BCUT2D eigenvalue weighted by atomic mass is 19.1. The summed E-state index contributed by atoms with van der Waals surface area (Å²) in [5, 5.41) is 3.21. The van der Waals surface area contributed by atoms with Gasteiger partial charge in [-0.05, 0) is 55.4 Å². The zero-order valence-corrected chi connectivity index (χ0v) is 17.9. The van der Waals surface area contributed by atoms with Gasteiger partial charge in [-0.2, -0.15) is 0 Å². The second kappa shape index (κ2) is 12.6. The average molecular weight is 406 g/mol. The van der Waals surface area contributed by atoms with Crippen molar-refractivity contribution in [3.8, 4) is 0 Å². The van der Waals surface area contributed by atoms with Crippen molar-refractivity contribution in [1.82, 2.24) is 5.32 Å². The largest absolute Gasteiger partial charge is 0.387 e. The van der Waals surface area contributed by atoms with E-state index in [0.717, 1.165) is 47.3 Å². The summed E-state index contributed by atoms with van der Waals surface area (Å²) in [6.07, 6.45) is 22.7. The normalized spacial score (nSPS) is 24.3. The lowest BCUT2D eigenvalue weighted by Crippen LogP contribution is -2.05. The predicted molar refractivity (Wildman–Crippen MR) is 126 cm³/mol. The minimum Gasteiger partial charge on any atom is -0.387 e. The molecular formula is C27H32FNO. The number of hydrogen-bond donors (Lipinski definition) is 1. The molecule has 0 aromatic rings. The Hall–Kier alpha value is -2.94. The van der Waals surface area contributed by atoms with Gasteiger partial charge < -0.3 is 5.32 Å². The van der Waals surface area contributed by atoms with Gasteiger partial charge in [-0.3, -0.25) is 4.79 Å². The number of allylic oxidation sites excluding steroid dienone is 14. The van der Waals surface area contributed by atoms with Gasteiger partial charge in [-0.1, -0.05) is 73.8 Å². The predicted octanol–water partition coefficient (Wildman–Crippen LogP) is 6.90. The first kappa shape index (κ1) is 23.3. The van der Waals surface area contributed by atoms with Crippen LogP contribution < -0.4 is 5.32 Å². The maximum atomic E-state index is 13.7. The molecule has 3 heteroatoms. The second-order valence-electron chi connectivity index (χ2n) is 7.53. The first-order chi connectivity index (χ1) is 14.5. The molecule has 0 atom stereocenters. The summed E-state index contributed by atoms with van der Waals surface area (Å²) >= 11 is 0. The molecule has 1 aliphatic carbocycles. The standard InChI is InChI=1S/C27H32FNO/c1-4-5-7-13-26(28)14-10-11-21(2)16-23-17-24(27(30)18-23)19-25-20-29-15-9-6-8-12-22(25)3/h5-9,12-13,16,19-20,29H,2-4,10-11,14-15,17-18H2,1H3/b7-5-,9-6-,12-8-,23-16-,24-19+,25-20-,26-13+. The van der Waals surface area contributed by atoms with Gasteiger partial charge in [-0.15, -0.1) is 0 Å². The van der Waals surface area contributed by atoms with Crippen LogP contribution in [0.15, 0.2) is 108 Å². The number of halogens is 1. The van der Waals surface area contributed by atoms with Crippen molar-refractivity contribution < 1.29 is 9.18 Å². The zero-order valence-electron chi connectivity index (χ0n) is 17.9. The maximum absolute atomic E-state index is 13.7. The summed E-state index contributed by atoms with van der Waals surface area (Å²) < 4.78 is 13.7. The number of rotatable bonds is 8. The van der Waals surface area contributed by atoms with E-state index in [1.54, 1.807) is 6.08 Å². The summed E-state index contributed by atoms with van der Waals surface area (Å²) in [7, 11) is 0. The fourth-order valence-electron chi connectivity index (χ4n) is 3.26. The van der Waals surface area contributed by atoms with E-state index < -0.39 is 0 Å². The fourth-order valence-corrected chi connectivity index (χ4v) is 3.26. The Labute approximate surface area is 180 Å². The van der Waals surface area contributed by atoms with Gasteiger partial charge in [-0.25, -0.2) is 4.39 Å². The third kappa shape index (κ3) is 8.20. The number of carbonyl (C=O) groups excluding carboxylic acids is 1. The highest BCUT2D eigenvalue weighted by Gasteiger charge is 2.22. The first-order valence-electron chi connectivity index (χ1n) is 10.6. The van der Waals surface area contributed by atoms with E-state index in [-0.39, 0.29) is 11.6 Å². The van der Waals surface area contributed by atoms with Gasteiger partial charge in [0.25, 0.3) is 0 Å². The smallest absolute Gasteiger partial charge is 0.163 e. The molecule has 1 heterocycles. The molecule has 0 amide bonds. The third-order valence-corrected chi connectivity index (χ3v) is 4.87. The van der Waals surface area contributed by atoms with Crippen molar-refractivity contribution >= 4 is 5.78 Å². The Morgan fingerprint density at radius 2 is 2.10 bits per heavy atom. The summed E-state index contributed by atoms with van der Waals surface area (Å²) in [5.74, 6) is 0.0317. The first-order valence-corrected chi connectivity index (χ1v) is 10.6. The molecule has 0 spiro atoms. The Morgan fingerprint density at radius 1 is 1.27 bits per heavy atom. The molecule has 2 nitrogen and oxygen atoms in total. The second-order valence-corrected chi connectivity index (χ2v) is 7.53. The lowest BCUT2D eigenvalue weighted by atomic mass is 10.0. The summed E-state index contributed by atoms with van der Waals surface area (Å²) in [4.78, 5) is 12.5. The van der Waals surface area contributed by atoms with Crippen molar-refractivity contribution in [3.05, 3.63) is 108 Å². The third-order valence-electron chi connectivity index (χ3n) is 4.87. The Bertz CT molecular complexity index is 875. The number of ketones is 1. The van der Waals surface area contributed by atoms with E-state index in [2.05, 4.69) is 18.5 Å². The molecular weight excluding hydrogens is 373 g/mol. The summed E-state index contributed by atoms with van der Waals surface area (Å²) in [5.41, 5.74) is 4.58. The van der Waals surface area contributed by atoms with Crippen molar-refractivity contribution in [2.24, 2.45) is 0 Å². The minimum absolute atomic E-state index is 0.109. The van der Waals surface area contributed by atoms with E-state index in [9.17, 15) is 9.18 Å². The number of hydrogen-bond acceptors (Lipinski definition) is 2. The van der Waals surface area contributed by atoms with Crippen molar-refractivity contribution in [1.29, 1.82) is 0 Å². The molecule has 0 radical (unpaired) electrons. The van der Waals surface area contributed by atoms with Crippen molar-refractivity contribution in [2.75, 3.05) is 6.54 Å². The topological polar surface area (TPSA) is 29.1 Å². The summed E-state index contributed by atoms with van der Waals surface area (Å²) in [6.45, 7) is 10.9. The highest BCUT2D eigenvalue weighted by Crippen LogP contribution is 2.30. The van der Waals surface area contributed by atoms with Gasteiger partial charge >= 0.3 is 0 Å². The van der Waals surface area contributed by atoms with E-state index in [0.29, 0.717) is 25.7 Å². The number of Topliss-reactive ketones (excluding diaryl/α,β-unsaturated/α-hetero) is 1. The van der Waals surface area contributed by atoms with E-state index >= 15 is 0 Å². The highest BCUT2D eigenvalue weighted by molar-refractivity contribution is 6.01. The van der Waals surface area contributed by atoms with Gasteiger partial charge in [0, 0.05) is 24.7 Å². The fraction of sp³-hybridized carbons (Fsp3) is 0.296. The van der Waals surface area contributed by atoms with Crippen molar-refractivity contribution in [3.63, 3.8) is 0 Å². The van der Waals surface area contributed by atoms with E-state index in [1.807, 2.05) is 55.7 Å². The molecule has 1 aliphatic heterocycles. The lowest BCUT2D eigenvalue weighted by Gasteiger charge is -2.04. The van der Waals surface area contributed by atoms with Crippen LogP contribution in [0.2, 0.25) is 0 Å². The zero-order chi connectivity index (χ0) is 21.8. The minimum atomic E-state index is -0.109. The molecule has 2 aliphatic rings. The molecule has 0 unspecified atom stereocenters. The molecule has 1 N–H and O–H groups in total. The van der Waals surface area contributed by atoms with Crippen LogP contribution in [0.5, 0.6) is 0 Å². The Kier molecular flexibility index (Phi) is 9.79. The Balaban J connectivity index is 1.94. The average Bonchev–Trinajstić information content (AvgIpc) is 3.08. The molecule has 158 valence electrons. The van der Waals surface area contributed by atoms with Crippen LogP contribution in [0.3, 0.4) is 0 Å². The monoisotopic (exact) mass is 405 g/mol. The molecule has 1 fully saturated rings. The molecule has 2 rings (SSSR count). The number of carbonyl (C=O) groups is 1. The van der Waals surface area contributed by atoms with E-state index in [1.165, 1.54) is 6.08 Å². The van der Waals surface area contributed by atoms with Crippen LogP contribution in [-0.4, -0.2) is 12.3 Å². The molecule has 0 bridgehead atoms. The van der Waals surface area contributed by atoms with Gasteiger partial charge in [0.1, 0.15) is 0 Å². The van der Waals surface area contributed by atoms with Crippen LogP contribution in [0.1, 0.15) is 45.4 Å². The van der Waals surface area contributed by atoms with Crippen LogP contribution in [0, 0.1) is 0 Å². The molecule has 30 heavy (non-hydrogen) atoms. The van der Waals surface area contributed by atoms with Crippen molar-refractivity contribution in [2.45, 2.75) is 45.4 Å². The van der Waals surface area contributed by atoms with E-state index in [4.69, 9.17) is 0 Å². The molecule has 0 saturated heterocycles. The number of nitrogens with one attached hydrogen (secondary N) is 1. The Morgan fingerprint density at radius 3 is 2.90 bits per heavy atom. The van der Waals surface area contributed by atoms with Crippen LogP contribution in [0.25, 0.3) is 0 Å². The van der Waals surface area contributed by atoms with Gasteiger partial charge in [0.05, 0.1) is 5.83 Å². The summed E-state index contributed by atoms with van der Waals surface area (Å²) in [6, 6.07) is 0. The maximum Gasteiger partial charge on any atom is 0.163 e. The van der Waals surface area contributed by atoms with Crippen LogP contribution in [0.4, 0.5) is 4.39 Å². The molecule has 0 aromatic heterocycles. The lowest BCUT2D eigenvalue weighted by molar-refractivity contribution is -0.114.